The lowest BCUT2D eigenvalue weighted by Gasteiger charge is -2.23. The average molecular weight is 132 g/mol. The Morgan fingerprint density at radius 2 is 1.89 bits per heavy atom. The molecule has 0 bridgehead atoms. The third-order valence-electron chi connectivity index (χ3n) is 1.15. The Balaban J connectivity index is 3.07. The van der Waals surface area contributed by atoms with Crippen LogP contribution in [0.4, 0.5) is 0 Å². The van der Waals surface area contributed by atoms with Crippen molar-refractivity contribution in [3.63, 3.8) is 0 Å². The van der Waals surface area contributed by atoms with Crippen LogP contribution in [0.1, 0.15) is 6.42 Å². The molecule has 0 aromatic rings. The highest BCUT2D eigenvalue weighted by Gasteiger charge is 2.03. The third kappa shape index (κ3) is 7.88. The van der Waals surface area contributed by atoms with Gasteiger partial charge in [0.2, 0.25) is 0 Å². The molecule has 0 aromatic carbocycles. The number of hydrazine groups is 1. The second kappa shape index (κ2) is 3.82. The molecule has 0 fully saturated rings. The molecule has 0 atom stereocenters. The van der Waals surface area contributed by atoms with Crippen molar-refractivity contribution < 1.29 is 4.48 Å². The maximum atomic E-state index is 5.10. The fourth-order valence-electron chi connectivity index (χ4n) is 0.655. The first-order valence-electron chi connectivity index (χ1n) is 3.30. The van der Waals surface area contributed by atoms with Crippen molar-refractivity contribution in [2.24, 2.45) is 5.84 Å². The fourth-order valence-corrected chi connectivity index (χ4v) is 0.655. The number of hydrogen-bond donors (Lipinski definition) is 2. The summed E-state index contributed by atoms with van der Waals surface area (Å²) >= 11 is 0. The zero-order valence-electron chi connectivity index (χ0n) is 6.65. The molecule has 0 amide bonds. The van der Waals surface area contributed by atoms with Crippen LogP contribution in [0.25, 0.3) is 0 Å². The van der Waals surface area contributed by atoms with E-state index >= 15 is 0 Å². The molecule has 0 spiro atoms. The van der Waals surface area contributed by atoms with Crippen LogP contribution in [0, 0.1) is 0 Å². The molecule has 3 N–H and O–H groups in total. The van der Waals surface area contributed by atoms with Gasteiger partial charge in [0.25, 0.3) is 0 Å². The summed E-state index contributed by atoms with van der Waals surface area (Å²) in [7, 11) is 6.53. The van der Waals surface area contributed by atoms with E-state index in [0.717, 1.165) is 17.4 Å². The molecule has 0 heterocycles. The summed E-state index contributed by atoms with van der Waals surface area (Å²) in [6, 6.07) is 0. The van der Waals surface area contributed by atoms with Crippen LogP contribution in [0.5, 0.6) is 0 Å². The largest absolute Gasteiger partial charge is 0.331 e. The maximum Gasteiger partial charge on any atom is 0.0793 e. The van der Waals surface area contributed by atoms with Crippen LogP contribution in [0.3, 0.4) is 0 Å². The number of quaternary nitrogens is 1. The van der Waals surface area contributed by atoms with Gasteiger partial charge in [-0.1, -0.05) is 0 Å². The van der Waals surface area contributed by atoms with Crippen molar-refractivity contribution in [2.75, 3.05) is 34.2 Å². The van der Waals surface area contributed by atoms with Gasteiger partial charge in [0.1, 0.15) is 0 Å². The molecule has 56 valence electrons. The molecule has 0 saturated heterocycles. The van der Waals surface area contributed by atoms with E-state index < -0.39 is 0 Å². The quantitative estimate of drug-likeness (QED) is 0.235. The number of hydrogen-bond acceptors (Lipinski definition) is 2. The molecule has 9 heavy (non-hydrogen) atoms. The Morgan fingerprint density at radius 3 is 2.22 bits per heavy atom. The molecule has 0 rings (SSSR count). The van der Waals surface area contributed by atoms with Gasteiger partial charge in [-0.2, -0.15) is 0 Å². The molecule has 0 unspecified atom stereocenters. The van der Waals surface area contributed by atoms with Crippen molar-refractivity contribution in [1.29, 1.82) is 0 Å². The molecule has 3 heteroatoms. The van der Waals surface area contributed by atoms with E-state index in [1.54, 1.807) is 0 Å². The van der Waals surface area contributed by atoms with E-state index in [2.05, 4.69) is 26.6 Å². The van der Waals surface area contributed by atoms with Crippen LogP contribution in [-0.2, 0) is 0 Å². The molecule has 0 radical (unpaired) electrons. The lowest BCUT2D eigenvalue weighted by atomic mass is 10.4. The summed E-state index contributed by atoms with van der Waals surface area (Å²) in [5.74, 6) is 5.10. The minimum atomic E-state index is 0.912. The van der Waals surface area contributed by atoms with Gasteiger partial charge in [-0.25, -0.2) is 0 Å². The number of rotatable bonds is 4. The predicted molar refractivity (Wildman–Crippen MR) is 39.7 cm³/mol. The molecule has 0 aliphatic carbocycles. The Kier molecular flexibility index (Phi) is 3.77. The number of nitrogens with zero attached hydrogens (tertiary/aromatic N) is 1. The monoisotopic (exact) mass is 132 g/mol. The summed E-state index contributed by atoms with van der Waals surface area (Å²) in [4.78, 5) is 0. The summed E-state index contributed by atoms with van der Waals surface area (Å²) in [6.45, 7) is 2.08. The molecule has 0 saturated carbocycles. The van der Waals surface area contributed by atoms with Gasteiger partial charge >= 0.3 is 0 Å². The normalized spacial score (nSPS) is 12.0. The van der Waals surface area contributed by atoms with Crippen molar-refractivity contribution in [3.05, 3.63) is 0 Å². The Morgan fingerprint density at radius 1 is 1.33 bits per heavy atom. The topological polar surface area (TPSA) is 38.0 Å². The van der Waals surface area contributed by atoms with E-state index in [0.29, 0.717) is 0 Å². The fraction of sp³-hybridized carbons (Fsp3) is 1.00. The zero-order valence-corrected chi connectivity index (χ0v) is 6.65. The molecule has 3 nitrogen and oxygen atoms in total. The number of nitrogens with one attached hydrogen (secondary N) is 1. The minimum Gasteiger partial charge on any atom is -0.331 e. The van der Waals surface area contributed by atoms with Crippen LogP contribution in [0.2, 0.25) is 0 Å². The third-order valence-corrected chi connectivity index (χ3v) is 1.15. The molecular weight excluding hydrogens is 114 g/mol. The van der Waals surface area contributed by atoms with Crippen LogP contribution >= 0.6 is 0 Å². The van der Waals surface area contributed by atoms with Crippen molar-refractivity contribution in [3.8, 4) is 0 Å². The average Bonchev–Trinajstić information content (AvgIpc) is 1.63. The van der Waals surface area contributed by atoms with Gasteiger partial charge in [-0.3, -0.25) is 11.3 Å². The van der Waals surface area contributed by atoms with Gasteiger partial charge in [0.15, 0.2) is 0 Å². The lowest BCUT2D eigenvalue weighted by molar-refractivity contribution is -0.870. The highest BCUT2D eigenvalue weighted by atomic mass is 15.3. The Hall–Kier alpha value is -0.120. The van der Waals surface area contributed by atoms with Crippen molar-refractivity contribution in [2.45, 2.75) is 6.42 Å². The Labute approximate surface area is 57.4 Å². The standard InChI is InChI=1S/C6H18N3/c1-9(2,3)6-4-5-8-7/h8H,4-7H2,1-3H3/q+1. The van der Waals surface area contributed by atoms with Crippen LogP contribution in [-0.4, -0.2) is 38.7 Å². The lowest BCUT2D eigenvalue weighted by Crippen LogP contribution is -2.37. The second-order valence-corrected chi connectivity index (χ2v) is 3.32. The molecule has 0 aromatic heterocycles. The molecule has 0 aliphatic rings. The van der Waals surface area contributed by atoms with E-state index in [1.165, 1.54) is 6.54 Å². The smallest absolute Gasteiger partial charge is 0.0793 e. The van der Waals surface area contributed by atoms with E-state index in [9.17, 15) is 0 Å². The zero-order chi connectivity index (χ0) is 7.33. The first-order chi connectivity index (χ1) is 4.06. The summed E-state index contributed by atoms with van der Waals surface area (Å²) in [6.07, 6.45) is 1.14. The minimum absolute atomic E-state index is 0.912. The van der Waals surface area contributed by atoms with E-state index in [-0.39, 0.29) is 0 Å². The van der Waals surface area contributed by atoms with Gasteiger partial charge in [-0.15, -0.1) is 0 Å². The molecule has 0 aliphatic heterocycles. The van der Waals surface area contributed by atoms with E-state index in [4.69, 9.17) is 5.84 Å². The predicted octanol–water partition coefficient (Wildman–Crippen LogP) is -0.454. The van der Waals surface area contributed by atoms with Gasteiger partial charge in [-0.05, 0) is 0 Å². The second-order valence-electron chi connectivity index (χ2n) is 3.32. The first-order valence-corrected chi connectivity index (χ1v) is 3.30. The van der Waals surface area contributed by atoms with Gasteiger partial charge in [0, 0.05) is 13.0 Å². The van der Waals surface area contributed by atoms with Crippen molar-refractivity contribution in [1.82, 2.24) is 5.43 Å². The highest BCUT2D eigenvalue weighted by molar-refractivity contribution is 4.36. The van der Waals surface area contributed by atoms with Gasteiger partial charge in [0.05, 0.1) is 27.7 Å². The summed E-state index contributed by atoms with van der Waals surface area (Å²) in [5, 5.41) is 0. The van der Waals surface area contributed by atoms with Crippen LogP contribution in [0.15, 0.2) is 0 Å². The van der Waals surface area contributed by atoms with Crippen molar-refractivity contribution >= 4 is 0 Å². The molecular formula is C6H18N3+. The SMILES string of the molecule is C[N+](C)(C)CCCNN. The van der Waals surface area contributed by atoms with Gasteiger partial charge < -0.3 is 4.48 Å². The Bertz CT molecular complexity index is 65.2. The number of nitrogens with two attached hydrogens (primary N) is 1. The summed E-state index contributed by atoms with van der Waals surface area (Å²) < 4.78 is 1.02. The first kappa shape index (κ1) is 8.88. The van der Waals surface area contributed by atoms with E-state index in [1.807, 2.05) is 0 Å². The van der Waals surface area contributed by atoms with Crippen LogP contribution < -0.4 is 11.3 Å². The highest BCUT2D eigenvalue weighted by Crippen LogP contribution is 1.90. The summed E-state index contributed by atoms with van der Waals surface area (Å²) in [5.41, 5.74) is 2.63. The maximum absolute atomic E-state index is 5.10.